The molecule has 0 aliphatic heterocycles. The van der Waals surface area contributed by atoms with E-state index in [0.717, 1.165) is 20.4 Å². The van der Waals surface area contributed by atoms with Crippen LogP contribution < -0.4 is 9.47 Å². The molecule has 3 aliphatic rings. The van der Waals surface area contributed by atoms with Crippen molar-refractivity contribution in [2.24, 2.45) is 0 Å². The summed E-state index contributed by atoms with van der Waals surface area (Å²) >= 11 is 7.42. The lowest BCUT2D eigenvalue weighted by atomic mass is 9.60. The molecule has 0 spiro atoms. The fourth-order valence-electron chi connectivity index (χ4n) is 4.68. The maximum atomic E-state index is 5.87. The van der Waals surface area contributed by atoms with Gasteiger partial charge in [0.05, 0.1) is 23.2 Å². The van der Waals surface area contributed by atoms with E-state index in [4.69, 9.17) is 9.47 Å². The molecule has 3 aliphatic carbocycles. The summed E-state index contributed by atoms with van der Waals surface area (Å²) in [6.07, 6.45) is 0. The van der Waals surface area contributed by atoms with Gasteiger partial charge in [0.25, 0.3) is 0 Å². The number of hydrogen-bond acceptors (Lipinski definition) is 2. The molecule has 0 unspecified atom stereocenters. The van der Waals surface area contributed by atoms with E-state index in [1.54, 1.807) is 14.2 Å². The van der Waals surface area contributed by atoms with E-state index >= 15 is 0 Å². The van der Waals surface area contributed by atoms with Crippen molar-refractivity contribution in [3.8, 4) is 11.5 Å². The van der Waals surface area contributed by atoms with E-state index < -0.39 is 0 Å². The molecule has 4 heteroatoms. The lowest BCUT2D eigenvalue weighted by Crippen LogP contribution is -2.28. The van der Waals surface area contributed by atoms with E-state index in [9.17, 15) is 0 Å². The Kier molecular flexibility index (Phi) is 3.70. The largest absolute Gasteiger partial charge is 0.495 e. The van der Waals surface area contributed by atoms with Gasteiger partial charge in [-0.1, -0.05) is 48.5 Å². The number of hydrogen-bond donors (Lipinski definition) is 0. The number of ether oxygens (including phenoxy) is 2. The first kappa shape index (κ1) is 16.4. The van der Waals surface area contributed by atoms with Crippen LogP contribution in [0.15, 0.2) is 57.5 Å². The minimum atomic E-state index is 0.149. The van der Waals surface area contributed by atoms with Crippen molar-refractivity contribution in [3.05, 3.63) is 90.9 Å². The minimum Gasteiger partial charge on any atom is -0.495 e. The molecule has 2 nitrogen and oxygen atoms in total. The van der Waals surface area contributed by atoms with Crippen LogP contribution in [0.3, 0.4) is 0 Å². The molecule has 0 aromatic heterocycles. The Morgan fingerprint density at radius 3 is 1.19 bits per heavy atom. The van der Waals surface area contributed by atoms with Crippen molar-refractivity contribution in [3.63, 3.8) is 0 Å². The summed E-state index contributed by atoms with van der Waals surface area (Å²) in [7, 11) is 3.47. The maximum absolute atomic E-state index is 5.87. The predicted molar refractivity (Wildman–Crippen MR) is 110 cm³/mol. The molecule has 3 aromatic carbocycles. The summed E-state index contributed by atoms with van der Waals surface area (Å²) < 4.78 is 13.6. The van der Waals surface area contributed by atoms with E-state index in [0.29, 0.717) is 0 Å². The fraction of sp³-hybridized carbons (Fsp3) is 0.182. The Bertz CT molecular complexity index is 928. The number of halogens is 2. The molecule has 26 heavy (non-hydrogen) atoms. The van der Waals surface area contributed by atoms with Gasteiger partial charge >= 0.3 is 0 Å². The number of rotatable bonds is 2. The van der Waals surface area contributed by atoms with Crippen LogP contribution in [-0.4, -0.2) is 14.2 Å². The first-order valence-corrected chi connectivity index (χ1v) is 10.1. The van der Waals surface area contributed by atoms with Crippen molar-refractivity contribution in [1.29, 1.82) is 0 Å². The topological polar surface area (TPSA) is 18.5 Å². The molecule has 0 saturated heterocycles. The second kappa shape index (κ2) is 5.86. The highest BCUT2D eigenvalue weighted by Gasteiger charge is 2.45. The average molecular weight is 472 g/mol. The molecule has 0 fully saturated rings. The van der Waals surface area contributed by atoms with Gasteiger partial charge < -0.3 is 9.47 Å². The summed E-state index contributed by atoms with van der Waals surface area (Å²) in [6, 6.07) is 17.5. The highest BCUT2D eigenvalue weighted by atomic mass is 79.9. The summed E-state index contributed by atoms with van der Waals surface area (Å²) in [4.78, 5) is 0. The lowest BCUT2D eigenvalue weighted by Gasteiger charge is -2.43. The second-order valence-electron chi connectivity index (χ2n) is 6.65. The third-order valence-electron chi connectivity index (χ3n) is 5.59. The third-order valence-corrected chi connectivity index (χ3v) is 7.64. The zero-order valence-corrected chi connectivity index (χ0v) is 17.5. The van der Waals surface area contributed by atoms with Gasteiger partial charge in [-0.3, -0.25) is 0 Å². The Balaban J connectivity index is 1.97. The standard InChI is InChI=1S/C22H16Br2O2/c1-25-21-17-15-11-7-3-5-9-13(11)16(14-10-6-4-8-12(14)15)18(17)22(26-2)20(24)19(21)23/h3-10,15-16H,1-2H3. The van der Waals surface area contributed by atoms with E-state index in [2.05, 4.69) is 80.4 Å². The quantitative estimate of drug-likeness (QED) is 0.304. The number of benzene rings is 3. The molecular weight excluding hydrogens is 456 g/mol. The zero-order chi connectivity index (χ0) is 18.0. The fourth-order valence-corrected chi connectivity index (χ4v) is 5.79. The monoisotopic (exact) mass is 470 g/mol. The van der Waals surface area contributed by atoms with E-state index in [1.807, 2.05) is 0 Å². The Labute approximate surface area is 169 Å². The van der Waals surface area contributed by atoms with Crippen LogP contribution in [0.1, 0.15) is 45.2 Å². The van der Waals surface area contributed by atoms with Crippen LogP contribution in [0.25, 0.3) is 0 Å². The third kappa shape index (κ3) is 1.92. The van der Waals surface area contributed by atoms with Crippen molar-refractivity contribution in [1.82, 2.24) is 0 Å². The van der Waals surface area contributed by atoms with Gasteiger partial charge in [-0.05, 0) is 54.1 Å². The molecule has 0 atom stereocenters. The number of methoxy groups -OCH3 is 2. The van der Waals surface area contributed by atoms with Gasteiger partial charge in [-0.2, -0.15) is 0 Å². The summed E-state index contributed by atoms with van der Waals surface area (Å²) in [5.41, 5.74) is 7.86. The minimum absolute atomic E-state index is 0.149. The molecule has 0 N–H and O–H groups in total. The van der Waals surface area contributed by atoms with Crippen molar-refractivity contribution in [2.75, 3.05) is 14.2 Å². The van der Waals surface area contributed by atoms with E-state index in [-0.39, 0.29) is 11.8 Å². The first-order valence-electron chi connectivity index (χ1n) is 8.49. The Hall–Kier alpha value is -1.78. The van der Waals surface area contributed by atoms with Crippen LogP contribution in [0.4, 0.5) is 0 Å². The first-order chi connectivity index (χ1) is 12.7. The summed E-state index contributed by atoms with van der Waals surface area (Å²) in [5.74, 6) is 2.06. The smallest absolute Gasteiger partial charge is 0.138 e. The van der Waals surface area contributed by atoms with Crippen LogP contribution in [0.5, 0.6) is 11.5 Å². The van der Waals surface area contributed by atoms with Crippen molar-refractivity contribution in [2.45, 2.75) is 11.8 Å². The molecule has 0 amide bonds. The maximum Gasteiger partial charge on any atom is 0.138 e. The SMILES string of the molecule is COc1c(Br)c(Br)c(OC)c2c1C1c3ccccc3C2c2ccccc21. The highest BCUT2D eigenvalue weighted by molar-refractivity contribution is 9.13. The second-order valence-corrected chi connectivity index (χ2v) is 8.23. The zero-order valence-electron chi connectivity index (χ0n) is 14.3. The molecule has 0 saturated carbocycles. The van der Waals surface area contributed by atoms with Crippen LogP contribution in [0, 0.1) is 0 Å². The predicted octanol–water partition coefficient (Wildman–Crippen LogP) is 6.22. The van der Waals surface area contributed by atoms with Gasteiger partial charge in [-0.15, -0.1) is 0 Å². The van der Waals surface area contributed by atoms with Gasteiger partial charge in [-0.25, -0.2) is 0 Å². The molecule has 6 rings (SSSR count). The van der Waals surface area contributed by atoms with Crippen LogP contribution in [0.2, 0.25) is 0 Å². The van der Waals surface area contributed by atoms with Gasteiger partial charge in [0.1, 0.15) is 11.5 Å². The normalized spacial score (nSPS) is 18.8. The highest BCUT2D eigenvalue weighted by Crippen LogP contribution is 2.62. The van der Waals surface area contributed by atoms with Gasteiger partial charge in [0.2, 0.25) is 0 Å². The molecule has 0 heterocycles. The lowest BCUT2D eigenvalue weighted by molar-refractivity contribution is 0.385. The van der Waals surface area contributed by atoms with Gasteiger partial charge in [0, 0.05) is 23.0 Å². The molecule has 130 valence electrons. The van der Waals surface area contributed by atoms with Crippen molar-refractivity contribution >= 4 is 31.9 Å². The van der Waals surface area contributed by atoms with E-state index in [1.165, 1.54) is 33.4 Å². The van der Waals surface area contributed by atoms with Crippen LogP contribution in [-0.2, 0) is 0 Å². The average Bonchev–Trinajstić information content (AvgIpc) is 2.69. The summed E-state index contributed by atoms with van der Waals surface area (Å²) in [6.45, 7) is 0. The Morgan fingerprint density at radius 1 is 0.615 bits per heavy atom. The molecule has 2 bridgehead atoms. The summed E-state index contributed by atoms with van der Waals surface area (Å²) in [5, 5.41) is 0. The van der Waals surface area contributed by atoms with Gasteiger partial charge in [0.15, 0.2) is 0 Å². The van der Waals surface area contributed by atoms with Crippen molar-refractivity contribution < 1.29 is 9.47 Å². The molecule has 3 aromatic rings. The van der Waals surface area contributed by atoms with Crippen LogP contribution >= 0.6 is 31.9 Å². The molecule has 0 radical (unpaired) electrons. The molecular formula is C22H16Br2O2. The Morgan fingerprint density at radius 2 is 0.923 bits per heavy atom.